The second kappa shape index (κ2) is 12.8. The van der Waals surface area contributed by atoms with Crippen LogP contribution in [0.25, 0.3) is 0 Å². The number of carbonyl (C=O) groups is 2. The Labute approximate surface area is 255 Å². The summed E-state index contributed by atoms with van der Waals surface area (Å²) < 4.78 is 71.8. The van der Waals surface area contributed by atoms with E-state index in [1.165, 1.54) is 40.5 Å². The average Bonchev–Trinajstić information content (AvgIpc) is 3.48. The number of hydrogen-bond acceptors (Lipinski definition) is 9. The number of anilines is 1. The number of amides is 3. The van der Waals surface area contributed by atoms with Gasteiger partial charge in [-0.3, -0.25) is 4.79 Å². The molecule has 2 N–H and O–H groups in total. The fourth-order valence-corrected chi connectivity index (χ4v) is 7.52. The van der Waals surface area contributed by atoms with E-state index >= 15 is 0 Å². The van der Waals surface area contributed by atoms with E-state index in [2.05, 4.69) is 5.32 Å². The normalized spacial score (nSPS) is 15.8. The highest BCUT2D eigenvalue weighted by Gasteiger charge is 2.30. The quantitative estimate of drug-likeness (QED) is 0.355. The molecule has 0 spiro atoms. The molecular weight excluding hydrogens is 612 g/mol. The zero-order chi connectivity index (χ0) is 31.5. The molecule has 1 unspecified atom stereocenters. The molecule has 1 fully saturated rings. The zero-order valence-electron chi connectivity index (χ0n) is 24.1. The predicted octanol–water partition coefficient (Wildman–Crippen LogP) is 2.01. The van der Waals surface area contributed by atoms with Crippen molar-refractivity contribution >= 4 is 37.7 Å². The lowest BCUT2D eigenvalue weighted by molar-refractivity contribution is -0.120. The summed E-state index contributed by atoms with van der Waals surface area (Å²) in [7, 11) is -6.60. The topological polar surface area (TPSA) is 161 Å². The molecule has 0 saturated carbocycles. The molecule has 1 saturated heterocycles. The Balaban J connectivity index is 1.41. The van der Waals surface area contributed by atoms with Crippen molar-refractivity contribution in [2.75, 3.05) is 45.0 Å². The highest BCUT2D eigenvalue weighted by atomic mass is 32.2. The fourth-order valence-electron chi connectivity index (χ4n) is 4.88. The van der Waals surface area contributed by atoms with E-state index in [9.17, 15) is 26.4 Å². The van der Waals surface area contributed by atoms with Crippen LogP contribution in [0.5, 0.6) is 11.5 Å². The second-order valence-corrected chi connectivity index (χ2v) is 13.8. The van der Waals surface area contributed by atoms with E-state index in [1.54, 1.807) is 49.4 Å². The average molecular weight is 645 g/mol. The van der Waals surface area contributed by atoms with Crippen molar-refractivity contribution in [2.45, 2.75) is 29.2 Å². The highest BCUT2D eigenvalue weighted by molar-refractivity contribution is 7.90. The third-order valence-corrected chi connectivity index (χ3v) is 10.6. The van der Waals surface area contributed by atoms with Gasteiger partial charge in [-0.1, -0.05) is 30.3 Å². The first-order valence-corrected chi connectivity index (χ1v) is 16.6. The largest absolute Gasteiger partial charge is 0.454 e. The van der Waals surface area contributed by atoms with Gasteiger partial charge in [-0.05, 0) is 48.4 Å². The van der Waals surface area contributed by atoms with E-state index in [-0.39, 0.29) is 49.3 Å². The van der Waals surface area contributed by atoms with E-state index in [4.69, 9.17) is 14.2 Å². The van der Waals surface area contributed by atoms with Gasteiger partial charge in [0, 0.05) is 38.3 Å². The maximum Gasteiger partial charge on any atom is 0.329 e. The molecule has 0 radical (unpaired) electrons. The van der Waals surface area contributed by atoms with Gasteiger partial charge in [0.15, 0.2) is 11.5 Å². The Bertz CT molecular complexity index is 1770. The first-order chi connectivity index (χ1) is 21.0. The SMILES string of the molecule is Cc1ccccc1S(=O)(=O)NC(=O)NC(Cc1cccc(S(=O)(=O)N2CCOCC2)c1)C(=O)N(C)c1ccc2c(c1)OCO2. The third kappa shape index (κ3) is 6.80. The van der Waals surface area contributed by atoms with Crippen LogP contribution in [0.15, 0.2) is 76.5 Å². The van der Waals surface area contributed by atoms with E-state index in [0.717, 1.165) is 0 Å². The minimum Gasteiger partial charge on any atom is -0.454 e. The van der Waals surface area contributed by atoms with E-state index in [0.29, 0.717) is 28.3 Å². The molecule has 2 heterocycles. The van der Waals surface area contributed by atoms with Crippen molar-refractivity contribution in [3.63, 3.8) is 0 Å². The Morgan fingerprint density at radius 2 is 1.66 bits per heavy atom. The zero-order valence-corrected chi connectivity index (χ0v) is 25.7. The van der Waals surface area contributed by atoms with Gasteiger partial charge in [0.25, 0.3) is 10.0 Å². The molecule has 5 rings (SSSR count). The van der Waals surface area contributed by atoms with Crippen LogP contribution in [0.1, 0.15) is 11.1 Å². The number of likely N-dealkylation sites (N-methyl/N-ethyl adjacent to an activating group) is 1. The minimum absolute atomic E-state index is 0.0267. The molecular formula is C29H32N4O9S2. The number of morpholine rings is 1. The predicted molar refractivity (Wildman–Crippen MR) is 160 cm³/mol. The second-order valence-electron chi connectivity index (χ2n) is 10.2. The van der Waals surface area contributed by atoms with Crippen LogP contribution < -0.4 is 24.4 Å². The van der Waals surface area contributed by atoms with Gasteiger partial charge in [0.05, 0.1) is 23.0 Å². The monoisotopic (exact) mass is 644 g/mol. The maximum atomic E-state index is 13.8. The maximum absolute atomic E-state index is 13.8. The number of urea groups is 1. The first kappa shape index (κ1) is 31.3. The van der Waals surface area contributed by atoms with Crippen LogP contribution in [0.4, 0.5) is 10.5 Å². The molecule has 15 heteroatoms. The van der Waals surface area contributed by atoms with Gasteiger partial charge < -0.3 is 24.4 Å². The smallest absolute Gasteiger partial charge is 0.329 e. The third-order valence-electron chi connectivity index (χ3n) is 7.23. The molecule has 13 nitrogen and oxygen atoms in total. The van der Waals surface area contributed by atoms with Crippen molar-refractivity contribution in [3.05, 3.63) is 77.9 Å². The molecule has 3 aromatic carbocycles. The van der Waals surface area contributed by atoms with Crippen molar-refractivity contribution in [1.29, 1.82) is 0 Å². The lowest BCUT2D eigenvalue weighted by atomic mass is 10.0. The number of sulfonamides is 2. The lowest BCUT2D eigenvalue weighted by Crippen LogP contribution is -2.52. The van der Waals surface area contributed by atoms with Crippen LogP contribution in [-0.4, -0.2) is 79.3 Å². The molecule has 2 aliphatic heterocycles. The summed E-state index contributed by atoms with van der Waals surface area (Å²) in [6, 6.07) is 14.7. The van der Waals surface area contributed by atoms with Crippen LogP contribution >= 0.6 is 0 Å². The van der Waals surface area contributed by atoms with Gasteiger partial charge in [-0.15, -0.1) is 0 Å². The summed E-state index contributed by atoms with van der Waals surface area (Å²) >= 11 is 0. The Kier molecular flexibility index (Phi) is 9.10. The van der Waals surface area contributed by atoms with Gasteiger partial charge >= 0.3 is 6.03 Å². The van der Waals surface area contributed by atoms with Crippen LogP contribution in [0.2, 0.25) is 0 Å². The molecule has 3 aromatic rings. The number of carbonyl (C=O) groups excluding carboxylic acids is 2. The number of rotatable bonds is 9. The van der Waals surface area contributed by atoms with Gasteiger partial charge in [0.2, 0.25) is 22.7 Å². The lowest BCUT2D eigenvalue weighted by Gasteiger charge is -2.27. The van der Waals surface area contributed by atoms with E-state index in [1.807, 2.05) is 4.72 Å². The first-order valence-electron chi connectivity index (χ1n) is 13.7. The molecule has 0 aromatic heterocycles. The van der Waals surface area contributed by atoms with Crippen molar-refractivity contribution in [1.82, 2.24) is 14.3 Å². The number of hydrogen-bond donors (Lipinski definition) is 2. The van der Waals surface area contributed by atoms with Crippen LogP contribution in [-0.2, 0) is 36.0 Å². The Morgan fingerprint density at radius 3 is 2.41 bits per heavy atom. The number of benzene rings is 3. The number of fused-ring (bicyclic) bond motifs is 1. The number of nitrogens with one attached hydrogen (secondary N) is 2. The van der Waals surface area contributed by atoms with Crippen LogP contribution in [0, 0.1) is 6.92 Å². The molecule has 3 amide bonds. The Morgan fingerprint density at radius 1 is 0.932 bits per heavy atom. The summed E-state index contributed by atoms with van der Waals surface area (Å²) in [5.41, 5.74) is 1.29. The molecule has 1 atom stereocenters. The van der Waals surface area contributed by atoms with Crippen molar-refractivity contribution in [3.8, 4) is 11.5 Å². The molecule has 2 aliphatic rings. The number of ether oxygens (including phenoxy) is 3. The number of aryl methyl sites for hydroxylation is 1. The highest BCUT2D eigenvalue weighted by Crippen LogP contribution is 2.35. The molecule has 44 heavy (non-hydrogen) atoms. The molecule has 234 valence electrons. The van der Waals surface area contributed by atoms with Crippen LogP contribution in [0.3, 0.4) is 0 Å². The summed E-state index contributed by atoms with van der Waals surface area (Å²) in [6.45, 7) is 2.63. The number of nitrogens with zero attached hydrogens (tertiary/aromatic N) is 2. The summed E-state index contributed by atoms with van der Waals surface area (Å²) in [5, 5.41) is 2.48. The molecule has 0 bridgehead atoms. The van der Waals surface area contributed by atoms with Crippen molar-refractivity contribution < 1.29 is 40.6 Å². The summed E-state index contributed by atoms with van der Waals surface area (Å²) in [4.78, 5) is 28.1. The van der Waals surface area contributed by atoms with Crippen molar-refractivity contribution in [2.24, 2.45) is 0 Å². The van der Waals surface area contributed by atoms with Gasteiger partial charge in [0.1, 0.15) is 6.04 Å². The van der Waals surface area contributed by atoms with Gasteiger partial charge in [-0.25, -0.2) is 26.4 Å². The minimum atomic E-state index is -4.26. The Hall–Kier alpha value is -4.18. The van der Waals surface area contributed by atoms with Gasteiger partial charge in [-0.2, -0.15) is 4.31 Å². The fraction of sp³-hybridized carbons (Fsp3) is 0.310. The summed E-state index contributed by atoms with van der Waals surface area (Å²) in [5.74, 6) is 0.367. The standard InChI is InChI=1S/C29H32N4O9S2/c1-20-6-3-4-9-27(20)43(36,37)31-29(35)30-24(28(34)32(2)22-10-11-25-26(18-22)42-19-41-25)17-21-7-5-8-23(16-21)44(38,39)33-12-14-40-15-13-33/h3-11,16,18,24H,12-15,17,19H2,1-2H3,(H2,30,31,35). The molecule has 0 aliphatic carbocycles. The summed E-state index contributed by atoms with van der Waals surface area (Å²) in [6.07, 6.45) is -0.141. The van der Waals surface area contributed by atoms with E-state index < -0.39 is 38.0 Å².